The molecule has 1 saturated carbocycles. The quantitative estimate of drug-likeness (QED) is 0.687. The molecule has 1 aromatic heterocycles. The van der Waals surface area contributed by atoms with Crippen LogP contribution in [0.15, 0.2) is 18.2 Å². The van der Waals surface area contributed by atoms with Gasteiger partial charge in [0.05, 0.1) is 22.2 Å². The molecule has 2 unspecified atom stereocenters. The number of amides is 1. The predicted molar refractivity (Wildman–Crippen MR) is 126 cm³/mol. The number of rotatable bonds is 5. The van der Waals surface area contributed by atoms with Gasteiger partial charge in [0.15, 0.2) is 0 Å². The van der Waals surface area contributed by atoms with E-state index in [9.17, 15) is 4.79 Å². The maximum atomic E-state index is 12.0. The third-order valence-electron chi connectivity index (χ3n) is 7.04. The van der Waals surface area contributed by atoms with Gasteiger partial charge in [-0.15, -0.1) is 0 Å². The number of hydrogen-bond acceptors (Lipinski definition) is 5. The minimum Gasteiger partial charge on any atom is -0.444 e. The van der Waals surface area contributed by atoms with Gasteiger partial charge in [-0.3, -0.25) is 0 Å². The molecule has 2 N–H and O–H groups in total. The van der Waals surface area contributed by atoms with Crippen LogP contribution in [-0.2, 0) is 20.5 Å². The summed E-state index contributed by atoms with van der Waals surface area (Å²) in [7, 11) is -0.386. The highest BCUT2D eigenvalue weighted by atomic mass is 16.7. The number of H-pyrrole nitrogens is 1. The van der Waals surface area contributed by atoms with Crippen molar-refractivity contribution in [2.45, 2.75) is 91.1 Å². The van der Waals surface area contributed by atoms with Crippen LogP contribution in [-0.4, -0.2) is 46.0 Å². The number of ether oxygens (including phenoxy) is 1. The average molecular weight is 441 g/mol. The maximum Gasteiger partial charge on any atom is 0.494 e. The summed E-state index contributed by atoms with van der Waals surface area (Å²) in [5, 5.41) is 3.01. The smallest absolute Gasteiger partial charge is 0.444 e. The SMILES string of the molecule is C[C@@H]1C(CCc2nc3ccc(B4OC(C)(C)C(C)(C)O4)cc3[nH]2)C1NC(=O)OC(C)(C)C. The number of aryl methyl sites for hydroxylation is 1. The number of hydrogen-bond donors (Lipinski definition) is 2. The van der Waals surface area contributed by atoms with Crippen molar-refractivity contribution in [2.24, 2.45) is 11.8 Å². The first-order valence-electron chi connectivity index (χ1n) is 11.6. The molecule has 1 aliphatic heterocycles. The molecule has 4 rings (SSSR count). The number of alkyl carbamates (subject to hydrolysis) is 1. The maximum absolute atomic E-state index is 12.0. The van der Waals surface area contributed by atoms with Crippen LogP contribution in [0.1, 0.15) is 67.6 Å². The van der Waals surface area contributed by atoms with Crippen molar-refractivity contribution in [3.8, 4) is 0 Å². The second kappa shape index (κ2) is 7.77. The highest BCUT2D eigenvalue weighted by Gasteiger charge is 2.52. The van der Waals surface area contributed by atoms with Crippen molar-refractivity contribution in [1.82, 2.24) is 15.3 Å². The van der Waals surface area contributed by atoms with E-state index in [4.69, 9.17) is 19.0 Å². The lowest BCUT2D eigenvalue weighted by atomic mass is 9.79. The number of benzene rings is 1. The van der Waals surface area contributed by atoms with E-state index in [1.54, 1.807) is 0 Å². The Kier molecular flexibility index (Phi) is 5.61. The molecule has 0 spiro atoms. The van der Waals surface area contributed by atoms with Crippen LogP contribution in [0.5, 0.6) is 0 Å². The summed E-state index contributed by atoms with van der Waals surface area (Å²) < 4.78 is 17.7. The van der Waals surface area contributed by atoms with Crippen molar-refractivity contribution < 1.29 is 18.8 Å². The molecule has 1 amide bonds. The van der Waals surface area contributed by atoms with Crippen LogP contribution in [0, 0.1) is 11.8 Å². The zero-order chi connectivity index (χ0) is 23.5. The summed E-state index contributed by atoms with van der Waals surface area (Å²) in [5.74, 6) is 1.85. The summed E-state index contributed by atoms with van der Waals surface area (Å²) >= 11 is 0. The number of aromatic nitrogens is 2. The largest absolute Gasteiger partial charge is 0.494 e. The Bertz CT molecular complexity index is 994. The van der Waals surface area contributed by atoms with E-state index in [0.29, 0.717) is 11.8 Å². The lowest BCUT2D eigenvalue weighted by molar-refractivity contribution is 0.00578. The summed E-state index contributed by atoms with van der Waals surface area (Å²) in [4.78, 5) is 20.2. The van der Waals surface area contributed by atoms with E-state index in [1.165, 1.54) is 0 Å². The molecule has 3 atom stereocenters. The molecule has 1 aliphatic carbocycles. The van der Waals surface area contributed by atoms with Crippen LogP contribution in [0.4, 0.5) is 4.79 Å². The molecule has 2 fully saturated rings. The first-order valence-corrected chi connectivity index (χ1v) is 11.6. The van der Waals surface area contributed by atoms with Crippen molar-refractivity contribution >= 4 is 29.7 Å². The standard InChI is InChI=1S/C24H36BN3O4/c1-14-16(20(14)28-21(29)30-22(2,3)4)10-12-19-26-17-11-9-15(13-18(17)27-19)25-31-23(5,6)24(7,8)32-25/h9,11,13-14,16,20H,10,12H2,1-8H3,(H,26,27)(H,28,29)/t14-,16?,20?/m1/s1. The van der Waals surface area contributed by atoms with Gasteiger partial charge < -0.3 is 24.3 Å². The third-order valence-corrected chi connectivity index (χ3v) is 7.04. The predicted octanol–water partition coefficient (Wildman–Crippen LogP) is 3.95. The van der Waals surface area contributed by atoms with E-state index in [-0.39, 0.29) is 30.5 Å². The van der Waals surface area contributed by atoms with Crippen LogP contribution in [0.25, 0.3) is 11.0 Å². The summed E-state index contributed by atoms with van der Waals surface area (Å²) in [6.45, 7) is 16.0. The summed E-state index contributed by atoms with van der Waals surface area (Å²) in [6, 6.07) is 6.28. The first-order chi connectivity index (χ1) is 14.8. The van der Waals surface area contributed by atoms with Crippen LogP contribution in [0.3, 0.4) is 0 Å². The number of carbonyl (C=O) groups is 1. The molecule has 2 aromatic rings. The van der Waals surface area contributed by atoms with Gasteiger partial charge in [0.2, 0.25) is 0 Å². The van der Waals surface area contributed by atoms with Crippen molar-refractivity contribution in [3.05, 3.63) is 24.0 Å². The fraction of sp³-hybridized carbons (Fsp3) is 0.667. The van der Waals surface area contributed by atoms with Crippen LogP contribution >= 0.6 is 0 Å². The molecular weight excluding hydrogens is 405 g/mol. The first kappa shape index (κ1) is 23.1. The van der Waals surface area contributed by atoms with Gasteiger partial charge in [-0.05, 0) is 84.3 Å². The Morgan fingerprint density at radius 2 is 1.88 bits per heavy atom. The van der Waals surface area contributed by atoms with Gasteiger partial charge in [0.1, 0.15) is 11.4 Å². The number of nitrogens with zero attached hydrogens (tertiary/aromatic N) is 1. The Labute approximate surface area is 191 Å². The second-order valence-corrected chi connectivity index (χ2v) is 11.3. The topological polar surface area (TPSA) is 85.5 Å². The van der Waals surface area contributed by atoms with Gasteiger partial charge >= 0.3 is 13.2 Å². The normalized spacial score (nSPS) is 26.4. The Morgan fingerprint density at radius 1 is 1.22 bits per heavy atom. The zero-order valence-corrected chi connectivity index (χ0v) is 20.5. The van der Waals surface area contributed by atoms with E-state index in [2.05, 4.69) is 51.0 Å². The monoisotopic (exact) mass is 441 g/mol. The van der Waals surface area contributed by atoms with Crippen molar-refractivity contribution in [1.29, 1.82) is 0 Å². The van der Waals surface area contributed by atoms with Gasteiger partial charge in [0, 0.05) is 12.5 Å². The van der Waals surface area contributed by atoms with Gasteiger partial charge in [-0.25, -0.2) is 9.78 Å². The van der Waals surface area contributed by atoms with Gasteiger partial charge in [0.25, 0.3) is 0 Å². The minimum absolute atomic E-state index is 0.171. The molecule has 8 heteroatoms. The molecule has 0 bridgehead atoms. The molecule has 7 nitrogen and oxygen atoms in total. The van der Waals surface area contributed by atoms with E-state index < -0.39 is 5.60 Å². The van der Waals surface area contributed by atoms with Crippen molar-refractivity contribution in [2.75, 3.05) is 0 Å². The van der Waals surface area contributed by atoms with Crippen LogP contribution < -0.4 is 10.8 Å². The number of imidazole rings is 1. The second-order valence-electron chi connectivity index (χ2n) is 11.3. The molecule has 32 heavy (non-hydrogen) atoms. The molecule has 1 saturated heterocycles. The Hall–Kier alpha value is -2.06. The Morgan fingerprint density at radius 3 is 2.50 bits per heavy atom. The number of aromatic amines is 1. The van der Waals surface area contributed by atoms with Crippen LogP contribution in [0.2, 0.25) is 0 Å². The fourth-order valence-electron chi connectivity index (χ4n) is 4.30. The van der Waals surface area contributed by atoms with E-state index >= 15 is 0 Å². The molecule has 0 radical (unpaired) electrons. The molecule has 174 valence electrons. The lowest BCUT2D eigenvalue weighted by Crippen LogP contribution is -2.41. The van der Waals surface area contributed by atoms with Crippen molar-refractivity contribution in [3.63, 3.8) is 0 Å². The molecular formula is C24H36BN3O4. The lowest BCUT2D eigenvalue weighted by Gasteiger charge is -2.32. The van der Waals surface area contributed by atoms with Gasteiger partial charge in [-0.1, -0.05) is 13.0 Å². The number of nitrogens with one attached hydrogen (secondary N) is 2. The van der Waals surface area contributed by atoms with Gasteiger partial charge in [-0.2, -0.15) is 0 Å². The van der Waals surface area contributed by atoms with E-state index in [1.807, 2.05) is 32.9 Å². The number of carbonyl (C=O) groups excluding carboxylic acids is 1. The molecule has 2 heterocycles. The molecule has 1 aromatic carbocycles. The average Bonchev–Trinajstić information content (AvgIpc) is 2.97. The summed E-state index contributed by atoms with van der Waals surface area (Å²) in [5.41, 5.74) is 1.70. The van der Waals surface area contributed by atoms with E-state index in [0.717, 1.165) is 35.2 Å². The fourth-order valence-corrected chi connectivity index (χ4v) is 4.30. The minimum atomic E-state index is -0.481. The highest BCUT2D eigenvalue weighted by molar-refractivity contribution is 6.62. The highest BCUT2D eigenvalue weighted by Crippen LogP contribution is 2.42. The summed E-state index contributed by atoms with van der Waals surface area (Å²) in [6.07, 6.45) is 1.46. The molecule has 2 aliphatic rings. The zero-order valence-electron chi connectivity index (χ0n) is 20.5. The number of fused-ring (bicyclic) bond motifs is 1. The Balaban J connectivity index is 1.36. The third kappa shape index (κ3) is 4.67.